The fourth-order valence-corrected chi connectivity index (χ4v) is 2.86. The van der Waals surface area contributed by atoms with Gasteiger partial charge < -0.3 is 10.4 Å². The topological polar surface area (TPSA) is 66.4 Å². The number of benzene rings is 1. The Morgan fingerprint density at radius 1 is 1.35 bits per heavy atom. The minimum atomic E-state index is -1.03. The summed E-state index contributed by atoms with van der Waals surface area (Å²) in [4.78, 5) is 23.1. The zero-order valence-electron chi connectivity index (χ0n) is 10.2. The highest BCUT2D eigenvalue weighted by Crippen LogP contribution is 2.27. The summed E-state index contributed by atoms with van der Waals surface area (Å²) in [6.07, 6.45) is 0. The van der Waals surface area contributed by atoms with Gasteiger partial charge in [-0.3, -0.25) is 4.79 Å². The lowest BCUT2D eigenvalue weighted by Crippen LogP contribution is -2.10. The fraction of sp³-hybridized carbons (Fsp3) is 0.0769. The van der Waals surface area contributed by atoms with Crippen molar-refractivity contribution in [1.29, 1.82) is 0 Å². The molecule has 2 N–H and O–H groups in total. The molecule has 1 amide bonds. The van der Waals surface area contributed by atoms with Crippen molar-refractivity contribution in [2.24, 2.45) is 0 Å². The predicted octanol–water partition coefficient (Wildman–Crippen LogP) is 3.91. The van der Waals surface area contributed by atoms with Gasteiger partial charge in [0.1, 0.15) is 10.7 Å². The smallest absolute Gasteiger partial charge is 0.346 e. The van der Waals surface area contributed by atoms with Gasteiger partial charge in [-0.2, -0.15) is 0 Å². The first-order valence-corrected chi connectivity index (χ1v) is 7.09. The largest absolute Gasteiger partial charge is 0.477 e. The molecule has 0 atom stereocenters. The Hall–Kier alpha value is -1.73. The van der Waals surface area contributed by atoms with Crippen LogP contribution in [0, 0.1) is 12.7 Å². The van der Waals surface area contributed by atoms with Crippen LogP contribution < -0.4 is 5.32 Å². The summed E-state index contributed by atoms with van der Waals surface area (Å²) in [6.45, 7) is 1.66. The molecular formula is C13H9BrFNO3S. The second-order valence-corrected chi connectivity index (χ2v) is 5.92. The van der Waals surface area contributed by atoms with Gasteiger partial charge in [-0.15, -0.1) is 11.3 Å². The zero-order chi connectivity index (χ0) is 14.9. The molecule has 104 valence electrons. The minimum Gasteiger partial charge on any atom is -0.477 e. The van der Waals surface area contributed by atoms with E-state index in [9.17, 15) is 14.0 Å². The number of halogens is 2. The first-order chi connectivity index (χ1) is 9.38. The van der Waals surface area contributed by atoms with Crippen molar-refractivity contribution >= 4 is 44.1 Å². The normalized spacial score (nSPS) is 10.3. The number of amides is 1. The Balaban J connectivity index is 2.21. The van der Waals surface area contributed by atoms with E-state index in [-0.39, 0.29) is 14.9 Å². The van der Waals surface area contributed by atoms with Crippen LogP contribution in [0.2, 0.25) is 0 Å². The van der Waals surface area contributed by atoms with Crippen molar-refractivity contribution in [3.8, 4) is 0 Å². The summed E-state index contributed by atoms with van der Waals surface area (Å²) in [7, 11) is 0. The van der Waals surface area contributed by atoms with E-state index < -0.39 is 17.7 Å². The quantitative estimate of drug-likeness (QED) is 0.874. The van der Waals surface area contributed by atoms with E-state index in [2.05, 4.69) is 21.2 Å². The van der Waals surface area contributed by atoms with Crippen LogP contribution in [0.15, 0.2) is 28.7 Å². The van der Waals surface area contributed by atoms with E-state index in [1.807, 2.05) is 0 Å². The molecule has 20 heavy (non-hydrogen) atoms. The third kappa shape index (κ3) is 3.05. The van der Waals surface area contributed by atoms with E-state index in [0.29, 0.717) is 10.6 Å². The molecule has 0 saturated carbocycles. The van der Waals surface area contributed by atoms with Gasteiger partial charge in [0.15, 0.2) is 0 Å². The Morgan fingerprint density at radius 2 is 2.05 bits per heavy atom. The maximum absolute atomic E-state index is 13.1. The number of carbonyl (C=O) groups is 2. The van der Waals surface area contributed by atoms with Gasteiger partial charge in [0.05, 0.1) is 9.47 Å². The molecule has 2 aromatic rings. The second-order valence-electron chi connectivity index (χ2n) is 4.01. The monoisotopic (exact) mass is 357 g/mol. The molecule has 1 heterocycles. The summed E-state index contributed by atoms with van der Waals surface area (Å²) in [6, 6.07) is 5.49. The standard InChI is InChI=1S/C13H9BrFNO3S/c1-6-4-10(20-11(6)13(18)19)16-12(17)7-2-3-9(15)8(14)5-7/h2-5H,1H3,(H,16,17)(H,18,19). The summed E-state index contributed by atoms with van der Waals surface area (Å²) >= 11 is 3.99. The lowest BCUT2D eigenvalue weighted by molar-refractivity contribution is 0.0701. The molecule has 0 aliphatic heterocycles. The number of hydrogen-bond donors (Lipinski definition) is 2. The van der Waals surface area contributed by atoms with E-state index in [4.69, 9.17) is 5.11 Å². The number of anilines is 1. The molecule has 0 aliphatic rings. The predicted molar refractivity (Wildman–Crippen MR) is 78.1 cm³/mol. The number of aryl methyl sites for hydroxylation is 1. The van der Waals surface area contributed by atoms with E-state index in [1.165, 1.54) is 18.2 Å². The van der Waals surface area contributed by atoms with Crippen LogP contribution in [-0.2, 0) is 0 Å². The van der Waals surface area contributed by atoms with Gasteiger partial charge >= 0.3 is 5.97 Å². The minimum absolute atomic E-state index is 0.181. The maximum Gasteiger partial charge on any atom is 0.346 e. The van der Waals surface area contributed by atoms with Crippen molar-refractivity contribution in [3.05, 3.63) is 50.6 Å². The number of thiophene rings is 1. The Morgan fingerprint density at radius 3 is 2.60 bits per heavy atom. The van der Waals surface area contributed by atoms with Crippen LogP contribution in [-0.4, -0.2) is 17.0 Å². The molecule has 7 heteroatoms. The molecule has 4 nitrogen and oxygen atoms in total. The molecule has 0 spiro atoms. The van der Waals surface area contributed by atoms with Crippen LogP contribution in [0.4, 0.5) is 9.39 Å². The third-order valence-corrected chi connectivity index (χ3v) is 4.28. The van der Waals surface area contributed by atoms with Crippen LogP contribution in [0.1, 0.15) is 25.6 Å². The average Bonchev–Trinajstić information content (AvgIpc) is 2.73. The number of nitrogens with one attached hydrogen (secondary N) is 1. The molecule has 1 aromatic carbocycles. The van der Waals surface area contributed by atoms with E-state index >= 15 is 0 Å². The van der Waals surface area contributed by atoms with Crippen LogP contribution in [0.25, 0.3) is 0 Å². The highest BCUT2D eigenvalue weighted by Gasteiger charge is 2.15. The van der Waals surface area contributed by atoms with Crippen molar-refractivity contribution in [2.45, 2.75) is 6.92 Å². The number of carboxylic acid groups (broad SMARTS) is 1. The number of carbonyl (C=O) groups excluding carboxylic acids is 1. The molecule has 2 rings (SSSR count). The maximum atomic E-state index is 13.1. The highest BCUT2D eigenvalue weighted by molar-refractivity contribution is 9.10. The van der Waals surface area contributed by atoms with Crippen LogP contribution >= 0.6 is 27.3 Å². The van der Waals surface area contributed by atoms with E-state index in [1.54, 1.807) is 13.0 Å². The highest BCUT2D eigenvalue weighted by atomic mass is 79.9. The number of rotatable bonds is 3. The summed E-state index contributed by atoms with van der Waals surface area (Å²) < 4.78 is 13.3. The summed E-state index contributed by atoms with van der Waals surface area (Å²) in [5.74, 6) is -1.91. The lowest BCUT2D eigenvalue weighted by Gasteiger charge is -2.03. The van der Waals surface area contributed by atoms with E-state index in [0.717, 1.165) is 11.3 Å². The summed E-state index contributed by atoms with van der Waals surface area (Å²) in [5.41, 5.74) is 0.860. The first-order valence-electron chi connectivity index (χ1n) is 5.48. The van der Waals surface area contributed by atoms with Crippen LogP contribution in [0.3, 0.4) is 0 Å². The fourth-order valence-electron chi connectivity index (χ4n) is 1.58. The lowest BCUT2D eigenvalue weighted by atomic mass is 10.2. The van der Waals surface area contributed by atoms with Gasteiger partial charge in [-0.25, -0.2) is 9.18 Å². The number of carboxylic acids is 1. The summed E-state index contributed by atoms with van der Waals surface area (Å²) in [5, 5.41) is 12.0. The molecule has 0 fully saturated rings. The molecule has 1 aromatic heterocycles. The van der Waals surface area contributed by atoms with Gasteiger partial charge in [0, 0.05) is 5.56 Å². The number of hydrogen-bond acceptors (Lipinski definition) is 3. The first kappa shape index (κ1) is 14.7. The zero-order valence-corrected chi connectivity index (χ0v) is 12.6. The molecule has 0 radical (unpaired) electrons. The van der Waals surface area contributed by atoms with Crippen LogP contribution in [0.5, 0.6) is 0 Å². The average molecular weight is 358 g/mol. The number of aromatic carboxylic acids is 1. The molecule has 0 bridgehead atoms. The molecule has 0 unspecified atom stereocenters. The van der Waals surface area contributed by atoms with Gasteiger partial charge in [0.2, 0.25) is 0 Å². The Bertz CT molecular complexity index is 699. The van der Waals surface area contributed by atoms with Crippen molar-refractivity contribution in [2.75, 3.05) is 5.32 Å². The third-order valence-electron chi connectivity index (χ3n) is 2.53. The Kier molecular flexibility index (Phi) is 4.20. The van der Waals surface area contributed by atoms with Gasteiger partial charge in [-0.05, 0) is 52.7 Å². The molecule has 0 saturated heterocycles. The molecular weight excluding hydrogens is 349 g/mol. The van der Waals surface area contributed by atoms with Gasteiger partial charge in [-0.1, -0.05) is 0 Å². The van der Waals surface area contributed by atoms with Crippen molar-refractivity contribution in [3.63, 3.8) is 0 Å². The molecule has 0 aliphatic carbocycles. The van der Waals surface area contributed by atoms with Crippen molar-refractivity contribution in [1.82, 2.24) is 0 Å². The van der Waals surface area contributed by atoms with Gasteiger partial charge in [0.25, 0.3) is 5.91 Å². The second kappa shape index (κ2) is 5.72. The SMILES string of the molecule is Cc1cc(NC(=O)c2ccc(F)c(Br)c2)sc1C(=O)O. The van der Waals surface area contributed by atoms with Crippen molar-refractivity contribution < 1.29 is 19.1 Å². The Labute approximate surface area is 126 Å².